The molecule has 6 heteroatoms. The number of aromatic nitrogens is 3. The molecule has 0 spiro atoms. The Hall–Kier alpha value is -1.43. The lowest BCUT2D eigenvalue weighted by atomic mass is 10.0. The first-order valence-corrected chi connectivity index (χ1v) is 7.53. The molecule has 1 aromatic heterocycles. The number of amides is 1. The van der Waals surface area contributed by atoms with Crippen molar-refractivity contribution in [1.29, 1.82) is 0 Å². The predicted molar refractivity (Wildman–Crippen MR) is 77.2 cm³/mol. The van der Waals surface area contributed by atoms with E-state index in [0.717, 1.165) is 38.8 Å². The zero-order valence-electron chi connectivity index (χ0n) is 12.5. The summed E-state index contributed by atoms with van der Waals surface area (Å²) in [5.74, 6) is 0.581. The highest BCUT2D eigenvalue weighted by Crippen LogP contribution is 2.18. The summed E-state index contributed by atoms with van der Waals surface area (Å²) < 4.78 is 1.76. The van der Waals surface area contributed by atoms with Gasteiger partial charge in [-0.15, -0.1) is 5.10 Å². The number of carbonyl (C=O) groups excluding carboxylic acids is 1. The Morgan fingerprint density at radius 2 is 2.30 bits per heavy atom. The van der Waals surface area contributed by atoms with E-state index in [9.17, 15) is 4.79 Å². The number of likely N-dealkylation sites (tertiary alicyclic amines) is 1. The van der Waals surface area contributed by atoms with Crippen molar-refractivity contribution >= 4 is 5.91 Å². The minimum Gasteiger partial charge on any atom is -0.333 e. The summed E-state index contributed by atoms with van der Waals surface area (Å²) in [6, 6.07) is 0.150. The number of carbonyl (C=O) groups is 1. The Morgan fingerprint density at radius 1 is 1.50 bits per heavy atom. The molecule has 2 rings (SSSR count). The van der Waals surface area contributed by atoms with Crippen LogP contribution in [0.1, 0.15) is 50.0 Å². The molecule has 1 unspecified atom stereocenters. The van der Waals surface area contributed by atoms with E-state index >= 15 is 0 Å². The number of nitrogens with two attached hydrogens (primary N) is 1. The number of nitrogens with zero attached hydrogens (tertiary/aromatic N) is 4. The zero-order valence-corrected chi connectivity index (χ0v) is 12.5. The van der Waals surface area contributed by atoms with E-state index in [-0.39, 0.29) is 11.9 Å². The van der Waals surface area contributed by atoms with Gasteiger partial charge >= 0.3 is 0 Å². The van der Waals surface area contributed by atoms with E-state index in [1.54, 1.807) is 10.9 Å². The molecular formula is C14H25N5O. The molecule has 1 amide bonds. The van der Waals surface area contributed by atoms with Crippen molar-refractivity contribution in [3.63, 3.8) is 0 Å². The van der Waals surface area contributed by atoms with Crippen LogP contribution in [0.15, 0.2) is 6.20 Å². The van der Waals surface area contributed by atoms with Crippen molar-refractivity contribution in [1.82, 2.24) is 19.9 Å². The molecule has 0 bridgehead atoms. The van der Waals surface area contributed by atoms with Gasteiger partial charge < -0.3 is 10.6 Å². The van der Waals surface area contributed by atoms with Crippen molar-refractivity contribution in [2.75, 3.05) is 13.1 Å². The van der Waals surface area contributed by atoms with Crippen LogP contribution in [0.5, 0.6) is 0 Å². The van der Waals surface area contributed by atoms with E-state index < -0.39 is 0 Å². The van der Waals surface area contributed by atoms with Gasteiger partial charge in [0.05, 0.1) is 6.20 Å². The summed E-state index contributed by atoms with van der Waals surface area (Å²) in [7, 11) is 0. The third kappa shape index (κ3) is 3.56. The molecule has 1 aromatic rings. The lowest BCUT2D eigenvalue weighted by Gasteiger charge is -2.34. The van der Waals surface area contributed by atoms with Crippen LogP contribution in [-0.4, -0.2) is 44.9 Å². The third-order valence-electron chi connectivity index (χ3n) is 3.85. The molecule has 20 heavy (non-hydrogen) atoms. The van der Waals surface area contributed by atoms with Crippen LogP contribution >= 0.6 is 0 Å². The van der Waals surface area contributed by atoms with E-state index in [4.69, 9.17) is 5.73 Å². The first-order chi connectivity index (χ1) is 9.61. The summed E-state index contributed by atoms with van der Waals surface area (Å²) in [6.07, 6.45) is 5.97. The quantitative estimate of drug-likeness (QED) is 0.880. The Labute approximate surface area is 120 Å². The summed E-state index contributed by atoms with van der Waals surface area (Å²) in [5, 5.41) is 8.06. The van der Waals surface area contributed by atoms with Crippen molar-refractivity contribution < 1.29 is 4.79 Å². The topological polar surface area (TPSA) is 77.0 Å². The molecule has 0 aromatic carbocycles. The van der Waals surface area contributed by atoms with Gasteiger partial charge in [-0.3, -0.25) is 9.48 Å². The monoisotopic (exact) mass is 279 g/mol. The molecule has 112 valence electrons. The normalized spacial score (nSPS) is 19.6. The molecule has 2 heterocycles. The van der Waals surface area contributed by atoms with Gasteiger partial charge in [0, 0.05) is 25.7 Å². The highest BCUT2D eigenvalue weighted by atomic mass is 16.2. The minimum atomic E-state index is -0.0315. The Bertz CT molecular complexity index is 443. The molecule has 1 aliphatic heterocycles. The average Bonchev–Trinajstić information content (AvgIpc) is 2.93. The van der Waals surface area contributed by atoms with Gasteiger partial charge in [0.2, 0.25) is 0 Å². The van der Waals surface area contributed by atoms with Gasteiger partial charge in [0.25, 0.3) is 5.91 Å². The van der Waals surface area contributed by atoms with E-state index in [0.29, 0.717) is 18.2 Å². The van der Waals surface area contributed by atoms with Crippen molar-refractivity contribution in [3.05, 3.63) is 11.9 Å². The van der Waals surface area contributed by atoms with Crippen LogP contribution in [0.25, 0.3) is 0 Å². The lowest BCUT2D eigenvalue weighted by molar-refractivity contribution is 0.0617. The molecule has 6 nitrogen and oxygen atoms in total. The molecule has 1 atom stereocenters. The van der Waals surface area contributed by atoms with Crippen molar-refractivity contribution in [3.8, 4) is 0 Å². The second-order valence-corrected chi connectivity index (χ2v) is 5.93. The van der Waals surface area contributed by atoms with E-state index in [1.807, 2.05) is 4.90 Å². The number of hydrogen-bond donors (Lipinski definition) is 1. The SMILES string of the molecule is CC(C)CCn1cc(C(=O)N2CCCCC2CN)nn1. The van der Waals surface area contributed by atoms with Gasteiger partial charge in [0.15, 0.2) is 5.69 Å². The fourth-order valence-electron chi connectivity index (χ4n) is 2.56. The maximum Gasteiger partial charge on any atom is 0.276 e. The van der Waals surface area contributed by atoms with Gasteiger partial charge in [-0.05, 0) is 31.6 Å². The Morgan fingerprint density at radius 3 is 3.00 bits per heavy atom. The van der Waals surface area contributed by atoms with Gasteiger partial charge in [-0.2, -0.15) is 0 Å². The van der Waals surface area contributed by atoms with Crippen molar-refractivity contribution in [2.24, 2.45) is 11.7 Å². The van der Waals surface area contributed by atoms with Crippen LogP contribution in [0, 0.1) is 5.92 Å². The number of rotatable bonds is 5. The second kappa shape index (κ2) is 6.83. The number of aryl methyl sites for hydroxylation is 1. The van der Waals surface area contributed by atoms with E-state index in [1.165, 1.54) is 0 Å². The number of piperidine rings is 1. The lowest BCUT2D eigenvalue weighted by Crippen LogP contribution is -2.47. The standard InChI is InChI=1S/C14H25N5O/c1-11(2)6-8-18-10-13(16-17-18)14(20)19-7-4-3-5-12(19)9-15/h10-12H,3-9,15H2,1-2H3. The summed E-state index contributed by atoms with van der Waals surface area (Å²) >= 11 is 0. The average molecular weight is 279 g/mol. The van der Waals surface area contributed by atoms with Crippen LogP contribution < -0.4 is 5.73 Å². The maximum absolute atomic E-state index is 12.5. The molecule has 2 N–H and O–H groups in total. The highest BCUT2D eigenvalue weighted by Gasteiger charge is 2.28. The van der Waals surface area contributed by atoms with E-state index in [2.05, 4.69) is 24.2 Å². The van der Waals surface area contributed by atoms with Crippen LogP contribution in [-0.2, 0) is 6.54 Å². The Balaban J connectivity index is 2.01. The summed E-state index contributed by atoms with van der Waals surface area (Å²) in [4.78, 5) is 14.3. The molecule has 0 aliphatic carbocycles. The fraction of sp³-hybridized carbons (Fsp3) is 0.786. The van der Waals surface area contributed by atoms with Crippen LogP contribution in [0.3, 0.4) is 0 Å². The van der Waals surface area contributed by atoms with Gasteiger partial charge in [-0.1, -0.05) is 19.1 Å². The Kier molecular flexibility index (Phi) is 5.11. The summed E-state index contributed by atoms with van der Waals surface area (Å²) in [5.41, 5.74) is 6.20. The molecule has 1 saturated heterocycles. The molecular weight excluding hydrogens is 254 g/mol. The third-order valence-corrected chi connectivity index (χ3v) is 3.85. The first-order valence-electron chi connectivity index (χ1n) is 7.53. The van der Waals surface area contributed by atoms with Gasteiger partial charge in [0.1, 0.15) is 0 Å². The van der Waals surface area contributed by atoms with Crippen LogP contribution in [0.2, 0.25) is 0 Å². The predicted octanol–water partition coefficient (Wildman–Crippen LogP) is 1.28. The molecule has 1 fully saturated rings. The molecule has 0 radical (unpaired) electrons. The smallest absolute Gasteiger partial charge is 0.276 e. The fourth-order valence-corrected chi connectivity index (χ4v) is 2.56. The minimum absolute atomic E-state index is 0.0315. The number of hydrogen-bond acceptors (Lipinski definition) is 4. The summed E-state index contributed by atoms with van der Waals surface area (Å²) in [6.45, 7) is 6.44. The first kappa shape index (κ1) is 15.0. The maximum atomic E-state index is 12.5. The van der Waals surface area contributed by atoms with Crippen molar-refractivity contribution in [2.45, 2.75) is 52.1 Å². The zero-order chi connectivity index (χ0) is 14.5. The molecule has 1 aliphatic rings. The second-order valence-electron chi connectivity index (χ2n) is 5.93. The highest BCUT2D eigenvalue weighted by molar-refractivity contribution is 5.92. The van der Waals surface area contributed by atoms with Crippen LogP contribution in [0.4, 0.5) is 0 Å². The van der Waals surface area contributed by atoms with Gasteiger partial charge in [-0.25, -0.2) is 0 Å². The molecule has 0 saturated carbocycles. The largest absolute Gasteiger partial charge is 0.333 e.